The van der Waals surface area contributed by atoms with Gasteiger partial charge in [-0.25, -0.2) is 8.42 Å². The molecule has 1 aliphatic rings. The van der Waals surface area contributed by atoms with Gasteiger partial charge in [-0.05, 0) is 42.3 Å². The standard InChI is InChI=1S/C25H33N3O5S/c1-5-19-8-10-20(11-9-19)24(29)26-14-16-27(17-15-26)25(30)21-12-13-22(33-4)23(18-21)34(31,32)28(6-2)7-3/h8-13,18H,5-7,14-17H2,1-4H3. The predicted molar refractivity (Wildman–Crippen MR) is 131 cm³/mol. The largest absolute Gasteiger partial charge is 0.495 e. The Morgan fingerprint density at radius 1 is 0.853 bits per heavy atom. The van der Waals surface area contributed by atoms with Crippen LogP contribution in [0, 0.1) is 0 Å². The Morgan fingerprint density at radius 2 is 1.35 bits per heavy atom. The normalized spacial score (nSPS) is 14.4. The molecule has 2 aromatic carbocycles. The summed E-state index contributed by atoms with van der Waals surface area (Å²) in [6, 6.07) is 12.1. The molecule has 0 radical (unpaired) electrons. The number of amides is 2. The number of piperazine rings is 1. The summed E-state index contributed by atoms with van der Waals surface area (Å²) in [6.45, 7) is 7.82. The second-order valence-electron chi connectivity index (χ2n) is 8.09. The zero-order chi connectivity index (χ0) is 24.9. The van der Waals surface area contributed by atoms with Crippen LogP contribution in [0.4, 0.5) is 0 Å². The summed E-state index contributed by atoms with van der Waals surface area (Å²) in [5, 5.41) is 0. The van der Waals surface area contributed by atoms with Crippen LogP contribution < -0.4 is 4.74 Å². The Kier molecular flexibility index (Phi) is 8.33. The summed E-state index contributed by atoms with van der Waals surface area (Å²) in [4.78, 5) is 29.4. The number of benzene rings is 2. The van der Waals surface area contributed by atoms with Crippen LogP contribution in [-0.2, 0) is 16.4 Å². The smallest absolute Gasteiger partial charge is 0.254 e. The number of methoxy groups -OCH3 is 1. The van der Waals surface area contributed by atoms with Gasteiger partial charge in [0.2, 0.25) is 10.0 Å². The van der Waals surface area contributed by atoms with Crippen molar-refractivity contribution in [3.8, 4) is 5.75 Å². The molecule has 0 bridgehead atoms. The molecule has 0 aromatic heterocycles. The van der Waals surface area contributed by atoms with Crippen molar-refractivity contribution in [3.63, 3.8) is 0 Å². The molecule has 1 heterocycles. The number of carbonyl (C=O) groups is 2. The lowest BCUT2D eigenvalue weighted by Crippen LogP contribution is -2.50. The number of hydrogen-bond acceptors (Lipinski definition) is 5. The first kappa shape index (κ1) is 25.7. The second kappa shape index (κ2) is 11.0. The quantitative estimate of drug-likeness (QED) is 0.571. The van der Waals surface area contributed by atoms with E-state index < -0.39 is 10.0 Å². The van der Waals surface area contributed by atoms with Crippen LogP contribution >= 0.6 is 0 Å². The number of sulfonamides is 1. The van der Waals surface area contributed by atoms with Gasteiger partial charge < -0.3 is 14.5 Å². The summed E-state index contributed by atoms with van der Waals surface area (Å²) < 4.78 is 32.8. The number of nitrogens with zero attached hydrogens (tertiary/aromatic N) is 3. The van der Waals surface area contributed by atoms with E-state index in [-0.39, 0.29) is 28.0 Å². The highest BCUT2D eigenvalue weighted by molar-refractivity contribution is 7.89. The van der Waals surface area contributed by atoms with Crippen molar-refractivity contribution >= 4 is 21.8 Å². The van der Waals surface area contributed by atoms with Gasteiger partial charge in [0, 0.05) is 50.4 Å². The van der Waals surface area contributed by atoms with E-state index in [0.29, 0.717) is 44.8 Å². The zero-order valence-electron chi connectivity index (χ0n) is 20.3. The molecule has 9 heteroatoms. The summed E-state index contributed by atoms with van der Waals surface area (Å²) in [7, 11) is -2.39. The Balaban J connectivity index is 1.74. The van der Waals surface area contributed by atoms with Crippen LogP contribution in [-0.4, -0.2) is 80.7 Å². The number of rotatable bonds is 8. The maximum atomic E-state index is 13.2. The minimum atomic E-state index is -3.80. The lowest BCUT2D eigenvalue weighted by molar-refractivity contribution is 0.0535. The molecule has 2 amide bonds. The molecular weight excluding hydrogens is 454 g/mol. The average molecular weight is 488 g/mol. The Labute approximate surface area is 202 Å². The first-order valence-electron chi connectivity index (χ1n) is 11.6. The third-order valence-electron chi connectivity index (χ3n) is 6.20. The van der Waals surface area contributed by atoms with Crippen LogP contribution in [0.15, 0.2) is 47.4 Å². The average Bonchev–Trinajstić information content (AvgIpc) is 2.88. The minimum Gasteiger partial charge on any atom is -0.495 e. The molecule has 0 unspecified atom stereocenters. The van der Waals surface area contributed by atoms with Crippen molar-refractivity contribution in [1.82, 2.24) is 14.1 Å². The van der Waals surface area contributed by atoms with E-state index in [1.54, 1.807) is 29.7 Å². The highest BCUT2D eigenvalue weighted by atomic mass is 32.2. The van der Waals surface area contributed by atoms with Gasteiger partial charge in [-0.1, -0.05) is 32.9 Å². The van der Waals surface area contributed by atoms with E-state index in [9.17, 15) is 18.0 Å². The van der Waals surface area contributed by atoms with Gasteiger partial charge in [0.15, 0.2) is 0 Å². The summed E-state index contributed by atoms with van der Waals surface area (Å²) >= 11 is 0. The molecule has 1 aliphatic heterocycles. The molecule has 0 spiro atoms. The van der Waals surface area contributed by atoms with Crippen molar-refractivity contribution < 1.29 is 22.7 Å². The number of aryl methyl sites for hydroxylation is 1. The lowest BCUT2D eigenvalue weighted by atomic mass is 10.1. The van der Waals surface area contributed by atoms with E-state index in [0.717, 1.165) is 6.42 Å². The van der Waals surface area contributed by atoms with Crippen molar-refractivity contribution in [2.75, 3.05) is 46.4 Å². The minimum absolute atomic E-state index is 0.0195. The molecule has 0 aliphatic carbocycles. The van der Waals surface area contributed by atoms with E-state index in [1.165, 1.54) is 29.1 Å². The van der Waals surface area contributed by atoms with Gasteiger partial charge in [-0.15, -0.1) is 0 Å². The summed E-state index contributed by atoms with van der Waals surface area (Å²) in [5.41, 5.74) is 2.09. The number of hydrogen-bond donors (Lipinski definition) is 0. The van der Waals surface area contributed by atoms with Crippen LogP contribution in [0.1, 0.15) is 47.1 Å². The molecule has 8 nitrogen and oxygen atoms in total. The molecular formula is C25H33N3O5S. The molecule has 1 fully saturated rings. The molecule has 0 saturated carbocycles. The fraction of sp³-hybridized carbons (Fsp3) is 0.440. The Bertz CT molecular complexity index is 1120. The fourth-order valence-electron chi connectivity index (χ4n) is 4.07. The maximum Gasteiger partial charge on any atom is 0.254 e. The van der Waals surface area contributed by atoms with Gasteiger partial charge in [0.05, 0.1) is 7.11 Å². The van der Waals surface area contributed by atoms with Gasteiger partial charge >= 0.3 is 0 Å². The van der Waals surface area contributed by atoms with E-state index in [1.807, 2.05) is 24.3 Å². The van der Waals surface area contributed by atoms with Crippen LogP contribution in [0.3, 0.4) is 0 Å². The highest BCUT2D eigenvalue weighted by Gasteiger charge is 2.29. The predicted octanol–water partition coefficient (Wildman–Crippen LogP) is 2.89. The molecule has 1 saturated heterocycles. The SMILES string of the molecule is CCc1ccc(C(=O)N2CCN(C(=O)c3ccc(OC)c(S(=O)(=O)N(CC)CC)c3)CC2)cc1. The molecule has 3 rings (SSSR count). The summed E-state index contributed by atoms with van der Waals surface area (Å²) in [5.74, 6) is -0.113. The first-order valence-corrected chi connectivity index (χ1v) is 13.1. The second-order valence-corrected chi connectivity index (χ2v) is 10.00. The lowest BCUT2D eigenvalue weighted by Gasteiger charge is -2.35. The van der Waals surface area contributed by atoms with Crippen LogP contribution in [0.2, 0.25) is 0 Å². The Hall–Kier alpha value is -2.91. The van der Waals surface area contributed by atoms with Gasteiger partial charge in [0.25, 0.3) is 11.8 Å². The van der Waals surface area contributed by atoms with E-state index >= 15 is 0 Å². The third-order valence-corrected chi connectivity index (χ3v) is 8.27. The van der Waals surface area contributed by atoms with Crippen molar-refractivity contribution in [2.45, 2.75) is 32.1 Å². The maximum absolute atomic E-state index is 13.2. The highest BCUT2D eigenvalue weighted by Crippen LogP contribution is 2.28. The molecule has 2 aromatic rings. The summed E-state index contributed by atoms with van der Waals surface area (Å²) in [6.07, 6.45) is 0.915. The van der Waals surface area contributed by atoms with Crippen LogP contribution in [0.25, 0.3) is 0 Å². The van der Waals surface area contributed by atoms with Crippen LogP contribution in [0.5, 0.6) is 5.75 Å². The fourth-order valence-corrected chi connectivity index (χ4v) is 5.71. The number of ether oxygens (including phenoxy) is 1. The van der Waals surface area contributed by atoms with Gasteiger partial charge in [-0.3, -0.25) is 9.59 Å². The van der Waals surface area contributed by atoms with E-state index in [4.69, 9.17) is 4.74 Å². The van der Waals surface area contributed by atoms with E-state index in [2.05, 4.69) is 6.92 Å². The molecule has 184 valence electrons. The Morgan fingerprint density at radius 3 is 1.82 bits per heavy atom. The monoisotopic (exact) mass is 487 g/mol. The first-order chi connectivity index (χ1) is 16.3. The van der Waals surface area contributed by atoms with Crippen molar-refractivity contribution in [1.29, 1.82) is 0 Å². The number of carbonyl (C=O) groups excluding carboxylic acids is 2. The molecule has 0 N–H and O–H groups in total. The van der Waals surface area contributed by atoms with Crippen molar-refractivity contribution in [3.05, 3.63) is 59.2 Å². The zero-order valence-corrected chi connectivity index (χ0v) is 21.1. The van der Waals surface area contributed by atoms with Gasteiger partial charge in [0.1, 0.15) is 10.6 Å². The third kappa shape index (κ3) is 5.26. The molecule has 0 atom stereocenters. The molecule has 34 heavy (non-hydrogen) atoms. The van der Waals surface area contributed by atoms with Crippen molar-refractivity contribution in [2.24, 2.45) is 0 Å². The topological polar surface area (TPSA) is 87.2 Å². The van der Waals surface area contributed by atoms with Gasteiger partial charge in [-0.2, -0.15) is 4.31 Å².